The Morgan fingerprint density at radius 3 is 2.23 bits per heavy atom. The van der Waals surface area contributed by atoms with Crippen molar-refractivity contribution in [2.75, 3.05) is 30.4 Å². The summed E-state index contributed by atoms with van der Waals surface area (Å²) in [4.78, 5) is 12.9. The maximum absolute atomic E-state index is 13.6. The van der Waals surface area contributed by atoms with E-state index in [9.17, 15) is 13.2 Å². The van der Waals surface area contributed by atoms with Crippen LogP contribution in [0.2, 0.25) is 0 Å². The summed E-state index contributed by atoms with van der Waals surface area (Å²) in [5.41, 5.74) is 1.20. The van der Waals surface area contributed by atoms with Crippen molar-refractivity contribution in [2.45, 2.75) is 4.90 Å². The van der Waals surface area contributed by atoms with Crippen molar-refractivity contribution < 1.29 is 22.7 Å². The van der Waals surface area contributed by atoms with E-state index in [4.69, 9.17) is 9.47 Å². The molecule has 0 bridgehead atoms. The minimum atomic E-state index is -4.13. The van der Waals surface area contributed by atoms with Gasteiger partial charge in [0, 0.05) is 11.6 Å². The van der Waals surface area contributed by atoms with E-state index < -0.39 is 22.5 Å². The Labute approximate surface area is 207 Å². The Balaban J connectivity index is 1.60. The summed E-state index contributed by atoms with van der Waals surface area (Å²) in [6, 6.07) is 22.1. The van der Waals surface area contributed by atoms with Crippen molar-refractivity contribution in [2.24, 2.45) is 0 Å². The number of rotatable bonds is 9. The molecular weight excluding hydrogens is 488 g/mol. The van der Waals surface area contributed by atoms with Crippen LogP contribution in [0.15, 0.2) is 83.8 Å². The third-order valence-electron chi connectivity index (χ3n) is 4.97. The lowest BCUT2D eigenvalue weighted by Gasteiger charge is -2.24. The SMILES string of the molecule is COc1ccc(S(=O)(=O)N(CC(=O)Nc2nnc(-c3ccccc3)s2)c2ccccc2)cc1OC. The van der Waals surface area contributed by atoms with Crippen molar-refractivity contribution in [3.63, 3.8) is 0 Å². The van der Waals surface area contributed by atoms with Crippen LogP contribution < -0.4 is 19.1 Å². The summed E-state index contributed by atoms with van der Waals surface area (Å²) in [5, 5.41) is 11.7. The Hall–Kier alpha value is -3.96. The zero-order valence-electron chi connectivity index (χ0n) is 18.9. The fourth-order valence-corrected chi connectivity index (χ4v) is 5.48. The van der Waals surface area contributed by atoms with E-state index in [0.29, 0.717) is 16.4 Å². The number of hydrogen-bond acceptors (Lipinski definition) is 8. The highest BCUT2D eigenvalue weighted by Gasteiger charge is 2.28. The number of sulfonamides is 1. The summed E-state index contributed by atoms with van der Waals surface area (Å²) in [6.45, 7) is -0.471. The standard InChI is InChI=1S/C24H22N4O5S2/c1-32-20-14-13-19(15-21(20)33-2)35(30,31)28(18-11-7-4-8-12-18)16-22(29)25-24-27-26-23(34-24)17-9-5-3-6-10-17/h3-15H,16H2,1-2H3,(H,25,27,29). The van der Waals surface area contributed by atoms with Gasteiger partial charge in [0.2, 0.25) is 11.0 Å². The van der Waals surface area contributed by atoms with Crippen LogP contribution in [0.4, 0.5) is 10.8 Å². The molecule has 4 rings (SSSR count). The van der Waals surface area contributed by atoms with E-state index in [1.165, 1.54) is 43.8 Å². The van der Waals surface area contributed by atoms with Gasteiger partial charge in [-0.2, -0.15) is 0 Å². The van der Waals surface area contributed by atoms with E-state index in [0.717, 1.165) is 9.87 Å². The average molecular weight is 511 g/mol. The molecule has 1 heterocycles. The molecule has 0 fully saturated rings. The molecule has 0 spiro atoms. The molecule has 9 nitrogen and oxygen atoms in total. The summed E-state index contributed by atoms with van der Waals surface area (Å²) in [6.07, 6.45) is 0. The second-order valence-corrected chi connectivity index (χ2v) is 10.0. The number of methoxy groups -OCH3 is 2. The Morgan fingerprint density at radius 2 is 1.57 bits per heavy atom. The van der Waals surface area contributed by atoms with E-state index in [-0.39, 0.29) is 15.8 Å². The third-order valence-corrected chi connectivity index (χ3v) is 7.62. The first-order valence-electron chi connectivity index (χ1n) is 10.4. The van der Waals surface area contributed by atoms with Crippen LogP contribution in [-0.2, 0) is 14.8 Å². The normalized spacial score (nSPS) is 11.0. The monoisotopic (exact) mass is 510 g/mol. The number of para-hydroxylation sites is 1. The van der Waals surface area contributed by atoms with Crippen molar-refractivity contribution >= 4 is 38.1 Å². The highest BCUT2D eigenvalue weighted by Crippen LogP contribution is 2.32. The first-order chi connectivity index (χ1) is 16.9. The number of hydrogen-bond donors (Lipinski definition) is 1. The molecule has 1 amide bonds. The summed E-state index contributed by atoms with van der Waals surface area (Å²) in [7, 11) is -1.25. The fraction of sp³-hybridized carbons (Fsp3) is 0.125. The topological polar surface area (TPSA) is 111 Å². The second-order valence-electron chi connectivity index (χ2n) is 7.19. The van der Waals surface area contributed by atoms with E-state index >= 15 is 0 Å². The highest BCUT2D eigenvalue weighted by molar-refractivity contribution is 7.92. The number of carbonyl (C=O) groups excluding carboxylic acids is 1. The van der Waals surface area contributed by atoms with Crippen LogP contribution in [0.1, 0.15) is 0 Å². The lowest BCUT2D eigenvalue weighted by molar-refractivity contribution is -0.114. The molecule has 0 radical (unpaired) electrons. The van der Waals surface area contributed by atoms with E-state index in [1.807, 2.05) is 30.3 Å². The number of aromatic nitrogens is 2. The Kier molecular flexibility index (Phi) is 7.28. The maximum atomic E-state index is 13.6. The van der Waals surface area contributed by atoms with Gasteiger partial charge in [0.05, 0.1) is 24.8 Å². The van der Waals surface area contributed by atoms with Crippen LogP contribution >= 0.6 is 11.3 Å². The number of amides is 1. The van der Waals surface area contributed by atoms with E-state index in [2.05, 4.69) is 15.5 Å². The molecule has 0 aliphatic carbocycles. The third kappa shape index (κ3) is 5.42. The van der Waals surface area contributed by atoms with Gasteiger partial charge in [0.1, 0.15) is 11.6 Å². The predicted molar refractivity (Wildman–Crippen MR) is 134 cm³/mol. The predicted octanol–water partition coefficient (Wildman–Crippen LogP) is 4.06. The van der Waals surface area contributed by atoms with Gasteiger partial charge in [0.25, 0.3) is 10.0 Å². The molecular formula is C24H22N4O5S2. The molecule has 11 heteroatoms. The number of carbonyl (C=O) groups is 1. The molecule has 35 heavy (non-hydrogen) atoms. The molecule has 1 N–H and O–H groups in total. The van der Waals surface area contributed by atoms with Crippen molar-refractivity contribution in [3.8, 4) is 22.1 Å². The minimum Gasteiger partial charge on any atom is -0.493 e. The Bertz CT molecular complexity index is 1410. The van der Waals surface area contributed by atoms with Crippen molar-refractivity contribution in [1.82, 2.24) is 10.2 Å². The van der Waals surface area contributed by atoms with Gasteiger partial charge in [-0.05, 0) is 24.3 Å². The number of nitrogens with one attached hydrogen (secondary N) is 1. The van der Waals surface area contributed by atoms with Crippen molar-refractivity contribution in [3.05, 3.63) is 78.9 Å². The van der Waals surface area contributed by atoms with E-state index in [1.54, 1.807) is 30.3 Å². The smallest absolute Gasteiger partial charge is 0.264 e. The van der Waals surface area contributed by atoms with Gasteiger partial charge in [-0.25, -0.2) is 8.42 Å². The fourth-order valence-electron chi connectivity index (χ4n) is 3.27. The number of nitrogens with zero attached hydrogens (tertiary/aromatic N) is 3. The summed E-state index contributed by atoms with van der Waals surface area (Å²) < 4.78 is 38.7. The molecule has 1 aromatic heterocycles. The molecule has 3 aromatic carbocycles. The first-order valence-corrected chi connectivity index (χ1v) is 12.7. The van der Waals surface area contributed by atoms with Crippen LogP contribution in [-0.4, -0.2) is 45.3 Å². The number of anilines is 2. The molecule has 0 atom stereocenters. The zero-order chi connectivity index (χ0) is 24.8. The summed E-state index contributed by atoms with van der Waals surface area (Å²) in [5.74, 6) is 0.0861. The van der Waals surface area contributed by atoms with Gasteiger partial charge in [-0.1, -0.05) is 59.9 Å². The lowest BCUT2D eigenvalue weighted by Crippen LogP contribution is -2.38. The zero-order valence-corrected chi connectivity index (χ0v) is 20.5. The van der Waals surface area contributed by atoms with Crippen molar-refractivity contribution in [1.29, 1.82) is 0 Å². The molecule has 0 unspecified atom stereocenters. The van der Waals surface area contributed by atoms with Crippen LogP contribution in [0.5, 0.6) is 11.5 Å². The molecule has 4 aromatic rings. The van der Waals surface area contributed by atoms with Crippen LogP contribution in [0, 0.1) is 0 Å². The first kappa shape index (κ1) is 24.2. The quantitative estimate of drug-likeness (QED) is 0.362. The van der Waals surface area contributed by atoms with Crippen LogP contribution in [0.3, 0.4) is 0 Å². The number of benzene rings is 3. The number of ether oxygens (including phenoxy) is 2. The summed E-state index contributed by atoms with van der Waals surface area (Å²) >= 11 is 1.20. The molecule has 0 aliphatic heterocycles. The van der Waals surface area contributed by atoms with Gasteiger partial charge >= 0.3 is 0 Å². The Morgan fingerprint density at radius 1 is 0.914 bits per heavy atom. The van der Waals surface area contributed by atoms with Gasteiger partial charge in [-0.3, -0.25) is 14.4 Å². The molecule has 0 saturated heterocycles. The van der Waals surface area contributed by atoms with Gasteiger partial charge in [0.15, 0.2) is 11.5 Å². The largest absolute Gasteiger partial charge is 0.493 e. The average Bonchev–Trinajstić information content (AvgIpc) is 3.36. The molecule has 0 aliphatic rings. The lowest BCUT2D eigenvalue weighted by atomic mass is 10.2. The molecule has 0 saturated carbocycles. The van der Waals surface area contributed by atoms with Gasteiger partial charge in [-0.15, -0.1) is 10.2 Å². The minimum absolute atomic E-state index is 0.0471. The second kappa shape index (κ2) is 10.5. The van der Waals surface area contributed by atoms with Crippen LogP contribution in [0.25, 0.3) is 10.6 Å². The maximum Gasteiger partial charge on any atom is 0.264 e. The molecule has 180 valence electrons. The van der Waals surface area contributed by atoms with Gasteiger partial charge < -0.3 is 9.47 Å². The highest BCUT2D eigenvalue weighted by atomic mass is 32.2.